The molecule has 66 heavy (non-hydrogen) atoms. The molecular formula is C48H50FN7O8S2. The Balaban J connectivity index is 0.922. The number of anilines is 2. The number of sulfonamides is 1. The molecule has 0 saturated carbocycles. The van der Waals surface area contributed by atoms with Gasteiger partial charge >= 0.3 is 0 Å². The summed E-state index contributed by atoms with van der Waals surface area (Å²) in [5.41, 5.74) is 6.11. The molecule has 3 aromatic heterocycles. The van der Waals surface area contributed by atoms with Gasteiger partial charge in [-0.3, -0.25) is 19.8 Å². The van der Waals surface area contributed by atoms with Crippen molar-refractivity contribution in [2.45, 2.75) is 44.1 Å². The molecule has 3 aromatic carbocycles. The zero-order valence-corrected chi connectivity index (χ0v) is 38.2. The van der Waals surface area contributed by atoms with Crippen molar-refractivity contribution < 1.29 is 36.7 Å². The number of rotatable bonds is 14. The molecule has 1 unspecified atom stereocenters. The van der Waals surface area contributed by atoms with Gasteiger partial charge in [-0.2, -0.15) is 0 Å². The molecular weight excluding hydrogens is 886 g/mol. The lowest BCUT2D eigenvalue weighted by Crippen LogP contribution is -2.47. The van der Waals surface area contributed by atoms with Gasteiger partial charge < -0.3 is 29.4 Å². The Kier molecular flexibility index (Phi) is 12.9. The van der Waals surface area contributed by atoms with E-state index in [9.17, 15) is 27.7 Å². The largest absolute Gasteiger partial charge is 0.455 e. The van der Waals surface area contributed by atoms with Gasteiger partial charge in [-0.05, 0) is 101 Å². The Morgan fingerprint density at radius 1 is 1.03 bits per heavy atom. The lowest BCUT2D eigenvalue weighted by molar-refractivity contribution is -0.384. The van der Waals surface area contributed by atoms with Crippen molar-refractivity contribution in [2.24, 2.45) is 5.41 Å². The predicted octanol–water partition coefficient (Wildman–Crippen LogP) is 8.86. The maximum Gasteiger partial charge on any atom is 0.293 e. The van der Waals surface area contributed by atoms with Gasteiger partial charge in [-0.25, -0.2) is 22.5 Å². The lowest BCUT2D eigenvalue weighted by atomic mass is 9.73. The monoisotopic (exact) mass is 935 g/mol. The summed E-state index contributed by atoms with van der Waals surface area (Å²) in [6.07, 6.45) is 6.04. The molecule has 5 heterocycles. The molecule has 2 fully saturated rings. The fraction of sp³-hybridized carbons (Fsp3) is 0.333. The highest BCUT2D eigenvalue weighted by atomic mass is 32.2. The zero-order valence-electron chi connectivity index (χ0n) is 36.5. The third-order valence-corrected chi connectivity index (χ3v) is 14.7. The fourth-order valence-corrected chi connectivity index (χ4v) is 10.7. The van der Waals surface area contributed by atoms with E-state index in [1.54, 1.807) is 35.7 Å². The predicted molar refractivity (Wildman–Crippen MR) is 252 cm³/mol. The Morgan fingerprint density at radius 3 is 2.62 bits per heavy atom. The van der Waals surface area contributed by atoms with Crippen LogP contribution in [0.25, 0.3) is 27.7 Å². The van der Waals surface area contributed by atoms with Crippen LogP contribution in [0.2, 0.25) is 0 Å². The minimum atomic E-state index is -4.60. The number of piperazine rings is 1. The summed E-state index contributed by atoms with van der Waals surface area (Å²) in [7, 11) is -4.60. The number of pyridine rings is 1. The number of aromatic nitrogens is 2. The number of nitrogens with one attached hydrogen (secondary N) is 3. The minimum absolute atomic E-state index is 0.0616. The summed E-state index contributed by atoms with van der Waals surface area (Å²) in [5, 5.41) is 18.0. The summed E-state index contributed by atoms with van der Waals surface area (Å²) < 4.78 is 60.5. The van der Waals surface area contributed by atoms with Crippen LogP contribution in [0.1, 0.15) is 48.3 Å². The second-order valence-corrected chi connectivity index (χ2v) is 20.2. The molecule has 0 bridgehead atoms. The molecule has 1 amide bonds. The molecule has 3 N–H and O–H groups in total. The van der Waals surface area contributed by atoms with Gasteiger partial charge in [0.05, 0.1) is 47.5 Å². The maximum absolute atomic E-state index is 14.0. The van der Waals surface area contributed by atoms with Gasteiger partial charge in [-0.15, -0.1) is 11.3 Å². The SMILES string of the molecule is CC1(C)CCC(CN2CCN(c3ccc(C(=O)NS(=O)(=O)c4ccc(NCC5COCCO5)c([N+](=O)[O-])c4)c(Oc4cnc5[nH]ccc5c4)c3)CC2)=C(c2cc(-c3ccc(F)cc3)cs2)C1. The van der Waals surface area contributed by atoms with E-state index >= 15 is 0 Å². The number of hydrogen-bond donors (Lipinski definition) is 3. The number of benzene rings is 3. The number of amides is 1. The second-order valence-electron chi connectivity index (χ2n) is 17.6. The van der Waals surface area contributed by atoms with Gasteiger partial charge in [0, 0.05) is 73.5 Å². The van der Waals surface area contributed by atoms with Gasteiger partial charge in [0.2, 0.25) is 0 Å². The number of nitrogens with zero attached hydrogens (tertiary/aromatic N) is 4. The number of halogens is 1. The molecule has 344 valence electrons. The third-order valence-electron chi connectivity index (χ3n) is 12.3. The van der Waals surface area contributed by atoms with E-state index in [0.29, 0.717) is 44.3 Å². The number of fused-ring (bicyclic) bond motifs is 1. The van der Waals surface area contributed by atoms with E-state index in [1.165, 1.54) is 52.6 Å². The molecule has 15 nitrogen and oxygen atoms in total. The van der Waals surface area contributed by atoms with Crippen LogP contribution in [0.4, 0.5) is 21.5 Å². The normalized spacial score (nSPS) is 18.0. The van der Waals surface area contributed by atoms with Gasteiger partial charge in [0.25, 0.3) is 21.6 Å². The first-order valence-corrected chi connectivity index (χ1v) is 24.2. The standard InChI is InChI=1S/C48H50FN7O8S2/c1-48(2)13-11-33(41(25-48)45-22-34(30-65-45)31-3-5-35(49)6-4-31)28-54-15-17-55(18-16-54)36-7-9-40(44(23-36)64-37-21-32-12-14-50-46(32)52-26-37)47(57)53-66(60,61)39-8-10-42(43(24-39)56(58)59)51-27-38-29-62-19-20-63-38/h3-10,12,14,21-24,26,30,38,51H,11,13,15-20,25,27-29H2,1-2H3,(H,50,52)(H,53,57). The number of hydrogen-bond acceptors (Lipinski definition) is 13. The maximum atomic E-state index is 14.0. The first-order valence-electron chi connectivity index (χ1n) is 21.8. The summed E-state index contributed by atoms with van der Waals surface area (Å²) >= 11 is 1.74. The van der Waals surface area contributed by atoms with Crippen LogP contribution in [-0.4, -0.2) is 99.3 Å². The van der Waals surface area contributed by atoms with Crippen molar-refractivity contribution in [2.75, 3.05) is 69.3 Å². The molecule has 1 aliphatic carbocycles. The first-order chi connectivity index (χ1) is 31.8. The number of carbonyl (C=O) groups excluding carboxylic acids is 1. The van der Waals surface area contributed by atoms with E-state index in [4.69, 9.17) is 14.2 Å². The summed E-state index contributed by atoms with van der Waals surface area (Å²) in [4.78, 5) is 38.3. The molecule has 3 aliphatic rings. The topological polar surface area (TPSA) is 181 Å². The lowest BCUT2D eigenvalue weighted by Gasteiger charge is -2.39. The van der Waals surface area contributed by atoms with Crippen molar-refractivity contribution in [3.63, 3.8) is 0 Å². The number of nitro benzene ring substituents is 1. The van der Waals surface area contributed by atoms with E-state index in [1.807, 2.05) is 18.2 Å². The number of carbonyl (C=O) groups is 1. The van der Waals surface area contributed by atoms with Crippen molar-refractivity contribution in [1.82, 2.24) is 19.6 Å². The van der Waals surface area contributed by atoms with Crippen molar-refractivity contribution in [3.8, 4) is 22.6 Å². The number of aromatic amines is 1. The highest BCUT2D eigenvalue weighted by molar-refractivity contribution is 7.90. The van der Waals surface area contributed by atoms with E-state index < -0.39 is 31.4 Å². The minimum Gasteiger partial charge on any atom is -0.455 e. The van der Waals surface area contributed by atoms with Crippen molar-refractivity contribution >= 4 is 60.9 Å². The van der Waals surface area contributed by atoms with Crippen LogP contribution < -0.4 is 19.7 Å². The van der Waals surface area contributed by atoms with E-state index in [-0.39, 0.29) is 40.9 Å². The number of H-pyrrole nitrogens is 1. The fourth-order valence-electron chi connectivity index (χ4n) is 8.67. The summed E-state index contributed by atoms with van der Waals surface area (Å²) in [6, 6.07) is 20.9. The van der Waals surface area contributed by atoms with Gasteiger partial charge in [0.1, 0.15) is 28.7 Å². The summed E-state index contributed by atoms with van der Waals surface area (Å²) in [5.74, 6) is -0.790. The molecule has 1 atom stereocenters. The molecule has 0 radical (unpaired) electrons. The van der Waals surface area contributed by atoms with E-state index in [0.717, 1.165) is 67.2 Å². The smallest absolute Gasteiger partial charge is 0.293 e. The highest BCUT2D eigenvalue weighted by Gasteiger charge is 2.31. The molecule has 2 aliphatic heterocycles. The third kappa shape index (κ3) is 10.3. The molecule has 6 aromatic rings. The number of allylic oxidation sites excluding steroid dienone is 1. The molecule has 2 saturated heterocycles. The average Bonchev–Trinajstić information content (AvgIpc) is 4.00. The van der Waals surface area contributed by atoms with E-state index in [2.05, 4.69) is 55.1 Å². The van der Waals surface area contributed by atoms with Gasteiger partial charge in [0.15, 0.2) is 0 Å². The van der Waals surface area contributed by atoms with Crippen molar-refractivity contribution in [3.05, 3.63) is 129 Å². The second kappa shape index (κ2) is 19.0. The van der Waals surface area contributed by atoms with Crippen LogP contribution in [0, 0.1) is 21.3 Å². The average molecular weight is 936 g/mol. The molecule has 18 heteroatoms. The zero-order chi connectivity index (χ0) is 46.0. The Bertz CT molecular complexity index is 2900. The van der Waals surface area contributed by atoms with Crippen LogP contribution in [0.3, 0.4) is 0 Å². The Morgan fingerprint density at radius 2 is 1.85 bits per heavy atom. The van der Waals surface area contributed by atoms with Gasteiger partial charge in [-0.1, -0.05) is 31.6 Å². The Hall–Kier alpha value is -6.18. The van der Waals surface area contributed by atoms with Crippen LogP contribution in [-0.2, 0) is 19.5 Å². The quantitative estimate of drug-likeness (QED) is 0.0699. The van der Waals surface area contributed by atoms with Crippen molar-refractivity contribution in [1.29, 1.82) is 0 Å². The molecule has 9 rings (SSSR count). The number of ether oxygens (including phenoxy) is 3. The van der Waals surface area contributed by atoms with Crippen LogP contribution in [0.5, 0.6) is 11.5 Å². The first kappa shape index (κ1) is 45.0. The number of nitro groups is 1. The summed E-state index contributed by atoms with van der Waals surface area (Å²) in [6.45, 7) is 9.88. The number of thiophene rings is 1. The van der Waals surface area contributed by atoms with Crippen LogP contribution >= 0.6 is 11.3 Å². The highest BCUT2D eigenvalue weighted by Crippen LogP contribution is 2.45. The Labute approximate surface area is 385 Å². The molecule has 0 spiro atoms. The van der Waals surface area contributed by atoms with Crippen LogP contribution in [0.15, 0.2) is 107 Å².